The number of rotatable bonds is 5. The SMILES string of the molecule is CC(C)(C#N)NC(=O)C(Cc1ccccc1)c1ccc(F)cc1. The molecule has 1 atom stereocenters. The van der Waals surface area contributed by atoms with Crippen LogP contribution in [0.4, 0.5) is 4.39 Å². The molecule has 2 aromatic rings. The molecular weight excluding hydrogens is 291 g/mol. The van der Waals surface area contributed by atoms with Crippen molar-refractivity contribution in [1.29, 1.82) is 5.26 Å². The maximum atomic E-state index is 13.2. The third-order valence-electron chi connectivity index (χ3n) is 3.59. The van der Waals surface area contributed by atoms with E-state index in [-0.39, 0.29) is 11.7 Å². The molecule has 0 radical (unpaired) electrons. The molecular formula is C19H19FN2O. The van der Waals surface area contributed by atoms with Gasteiger partial charge in [0.15, 0.2) is 0 Å². The van der Waals surface area contributed by atoms with Gasteiger partial charge < -0.3 is 5.32 Å². The van der Waals surface area contributed by atoms with E-state index in [1.165, 1.54) is 12.1 Å². The van der Waals surface area contributed by atoms with E-state index >= 15 is 0 Å². The Kier molecular flexibility index (Phi) is 5.13. The molecule has 0 bridgehead atoms. The van der Waals surface area contributed by atoms with Crippen molar-refractivity contribution >= 4 is 5.91 Å². The van der Waals surface area contributed by atoms with E-state index in [1.807, 2.05) is 30.3 Å². The van der Waals surface area contributed by atoms with Gasteiger partial charge in [0.2, 0.25) is 5.91 Å². The average molecular weight is 310 g/mol. The highest BCUT2D eigenvalue weighted by molar-refractivity contribution is 5.85. The van der Waals surface area contributed by atoms with E-state index in [4.69, 9.17) is 5.26 Å². The maximum absolute atomic E-state index is 13.2. The molecule has 0 aliphatic heterocycles. The molecule has 118 valence electrons. The van der Waals surface area contributed by atoms with E-state index in [2.05, 4.69) is 11.4 Å². The van der Waals surface area contributed by atoms with Gasteiger partial charge in [0.25, 0.3) is 0 Å². The fourth-order valence-electron chi connectivity index (χ4n) is 2.33. The highest BCUT2D eigenvalue weighted by Crippen LogP contribution is 2.23. The number of halogens is 1. The summed E-state index contributed by atoms with van der Waals surface area (Å²) in [5.74, 6) is -1.07. The van der Waals surface area contributed by atoms with Gasteiger partial charge in [0.05, 0.1) is 12.0 Å². The number of hydrogen-bond acceptors (Lipinski definition) is 2. The quantitative estimate of drug-likeness (QED) is 0.918. The summed E-state index contributed by atoms with van der Waals surface area (Å²) in [6.07, 6.45) is 0.486. The first kappa shape index (κ1) is 16.7. The van der Waals surface area contributed by atoms with E-state index in [0.29, 0.717) is 6.42 Å². The molecule has 4 heteroatoms. The van der Waals surface area contributed by atoms with Gasteiger partial charge in [-0.25, -0.2) is 4.39 Å². The molecule has 0 aliphatic rings. The highest BCUT2D eigenvalue weighted by atomic mass is 19.1. The molecule has 1 unspecified atom stereocenters. The molecule has 1 N–H and O–H groups in total. The Labute approximate surface area is 135 Å². The number of nitrogens with one attached hydrogen (secondary N) is 1. The number of carbonyl (C=O) groups is 1. The van der Waals surface area contributed by atoms with E-state index in [1.54, 1.807) is 26.0 Å². The van der Waals surface area contributed by atoms with Crippen molar-refractivity contribution in [1.82, 2.24) is 5.32 Å². The smallest absolute Gasteiger partial charge is 0.229 e. The summed E-state index contributed by atoms with van der Waals surface area (Å²) in [7, 11) is 0. The minimum Gasteiger partial charge on any atom is -0.338 e. The van der Waals surface area contributed by atoms with E-state index in [9.17, 15) is 9.18 Å². The minimum atomic E-state index is -0.952. The Morgan fingerprint density at radius 3 is 2.35 bits per heavy atom. The summed E-state index contributed by atoms with van der Waals surface area (Å²) in [6.45, 7) is 3.30. The highest BCUT2D eigenvalue weighted by Gasteiger charge is 2.27. The zero-order valence-corrected chi connectivity index (χ0v) is 13.2. The summed E-state index contributed by atoms with van der Waals surface area (Å²) in [5.41, 5.74) is 0.778. The lowest BCUT2D eigenvalue weighted by molar-refractivity contribution is -0.123. The molecule has 0 saturated carbocycles. The second kappa shape index (κ2) is 7.06. The van der Waals surface area contributed by atoms with Crippen molar-refractivity contribution < 1.29 is 9.18 Å². The summed E-state index contributed by atoms with van der Waals surface area (Å²) in [5, 5.41) is 11.9. The van der Waals surface area contributed by atoms with Gasteiger partial charge in [-0.05, 0) is 43.5 Å². The Balaban J connectivity index is 2.29. The van der Waals surface area contributed by atoms with Crippen LogP contribution in [0.3, 0.4) is 0 Å². The Bertz CT molecular complexity index is 702. The zero-order chi connectivity index (χ0) is 16.9. The van der Waals surface area contributed by atoms with Crippen LogP contribution in [-0.4, -0.2) is 11.4 Å². The van der Waals surface area contributed by atoms with Crippen LogP contribution in [0.5, 0.6) is 0 Å². The third-order valence-corrected chi connectivity index (χ3v) is 3.59. The molecule has 0 aromatic heterocycles. The van der Waals surface area contributed by atoms with Crippen LogP contribution in [0, 0.1) is 17.1 Å². The number of nitriles is 1. The Hall–Kier alpha value is -2.67. The van der Waals surface area contributed by atoms with Crippen LogP contribution in [0.15, 0.2) is 54.6 Å². The fraction of sp³-hybridized carbons (Fsp3) is 0.263. The summed E-state index contributed by atoms with van der Waals surface area (Å²) in [6, 6.07) is 17.6. The average Bonchev–Trinajstić information content (AvgIpc) is 2.54. The topological polar surface area (TPSA) is 52.9 Å². The van der Waals surface area contributed by atoms with Crippen LogP contribution >= 0.6 is 0 Å². The molecule has 3 nitrogen and oxygen atoms in total. The molecule has 23 heavy (non-hydrogen) atoms. The van der Waals surface area contributed by atoms with Crippen LogP contribution < -0.4 is 5.32 Å². The number of benzene rings is 2. The molecule has 2 rings (SSSR count). The first-order chi connectivity index (χ1) is 10.9. The van der Waals surface area contributed by atoms with Crippen molar-refractivity contribution in [2.75, 3.05) is 0 Å². The summed E-state index contributed by atoms with van der Waals surface area (Å²) in [4.78, 5) is 12.7. The molecule has 2 aromatic carbocycles. The first-order valence-corrected chi connectivity index (χ1v) is 7.44. The third kappa shape index (κ3) is 4.65. The van der Waals surface area contributed by atoms with Crippen molar-refractivity contribution in [3.63, 3.8) is 0 Å². The normalized spacial score (nSPS) is 12.3. The predicted molar refractivity (Wildman–Crippen MR) is 87.1 cm³/mol. The molecule has 0 fully saturated rings. The zero-order valence-electron chi connectivity index (χ0n) is 13.2. The fourth-order valence-corrected chi connectivity index (χ4v) is 2.33. The van der Waals surface area contributed by atoms with Crippen molar-refractivity contribution in [2.24, 2.45) is 0 Å². The van der Waals surface area contributed by atoms with Crippen LogP contribution in [-0.2, 0) is 11.2 Å². The number of amides is 1. The van der Waals surface area contributed by atoms with E-state index < -0.39 is 11.5 Å². The number of carbonyl (C=O) groups excluding carboxylic acids is 1. The molecule has 0 saturated heterocycles. The molecule has 0 aliphatic carbocycles. The van der Waals surface area contributed by atoms with Crippen molar-refractivity contribution in [3.8, 4) is 6.07 Å². The van der Waals surface area contributed by atoms with Gasteiger partial charge in [0.1, 0.15) is 11.4 Å². The van der Waals surface area contributed by atoms with Gasteiger partial charge >= 0.3 is 0 Å². The Morgan fingerprint density at radius 2 is 1.78 bits per heavy atom. The maximum Gasteiger partial charge on any atom is 0.229 e. The lowest BCUT2D eigenvalue weighted by Crippen LogP contribution is -2.44. The minimum absolute atomic E-state index is 0.244. The van der Waals surface area contributed by atoms with Crippen LogP contribution in [0.1, 0.15) is 30.9 Å². The summed E-state index contributed by atoms with van der Waals surface area (Å²) >= 11 is 0. The Morgan fingerprint density at radius 1 is 1.17 bits per heavy atom. The first-order valence-electron chi connectivity index (χ1n) is 7.44. The van der Waals surface area contributed by atoms with Gasteiger partial charge in [-0.1, -0.05) is 42.5 Å². The second-order valence-electron chi connectivity index (χ2n) is 6.02. The van der Waals surface area contributed by atoms with E-state index in [0.717, 1.165) is 11.1 Å². The van der Waals surface area contributed by atoms with Crippen molar-refractivity contribution in [3.05, 3.63) is 71.5 Å². The largest absolute Gasteiger partial charge is 0.338 e. The second-order valence-corrected chi connectivity index (χ2v) is 6.02. The van der Waals surface area contributed by atoms with Crippen LogP contribution in [0.25, 0.3) is 0 Å². The number of nitrogens with zero attached hydrogens (tertiary/aromatic N) is 1. The standard InChI is InChI=1S/C19H19FN2O/c1-19(2,13-21)22-18(23)17(12-14-6-4-3-5-7-14)15-8-10-16(20)11-9-15/h3-11,17H,12H2,1-2H3,(H,22,23). The van der Waals surface area contributed by atoms with Gasteiger partial charge in [-0.15, -0.1) is 0 Å². The van der Waals surface area contributed by atoms with Gasteiger partial charge in [-0.2, -0.15) is 5.26 Å². The van der Waals surface area contributed by atoms with Gasteiger partial charge in [0, 0.05) is 0 Å². The lowest BCUT2D eigenvalue weighted by Gasteiger charge is -2.23. The van der Waals surface area contributed by atoms with Crippen molar-refractivity contribution in [2.45, 2.75) is 31.7 Å². The monoisotopic (exact) mass is 310 g/mol. The van der Waals surface area contributed by atoms with Crippen LogP contribution in [0.2, 0.25) is 0 Å². The van der Waals surface area contributed by atoms with Gasteiger partial charge in [-0.3, -0.25) is 4.79 Å². The molecule has 0 spiro atoms. The molecule has 0 heterocycles. The number of hydrogen-bond donors (Lipinski definition) is 1. The summed E-state index contributed by atoms with van der Waals surface area (Å²) < 4.78 is 13.2. The predicted octanol–water partition coefficient (Wildman–Crippen LogP) is 3.57. The lowest BCUT2D eigenvalue weighted by atomic mass is 9.90. The molecule has 1 amide bonds.